The van der Waals surface area contributed by atoms with Crippen LogP contribution in [-0.4, -0.2) is 26.9 Å². The number of amides is 1. The minimum Gasteiger partial charge on any atom is -0.349 e. The molecule has 4 aromatic rings. The van der Waals surface area contributed by atoms with Crippen LogP contribution >= 0.6 is 0 Å². The molecule has 1 fully saturated rings. The van der Waals surface area contributed by atoms with Crippen molar-refractivity contribution in [3.05, 3.63) is 90.3 Å². The molecule has 34 heavy (non-hydrogen) atoms. The third-order valence-electron chi connectivity index (χ3n) is 7.02. The van der Waals surface area contributed by atoms with E-state index in [1.54, 1.807) is 30.7 Å². The van der Waals surface area contributed by atoms with E-state index in [4.69, 9.17) is 0 Å². The molecule has 1 atom stereocenters. The number of aromatic nitrogens is 3. The van der Waals surface area contributed by atoms with E-state index < -0.39 is 0 Å². The van der Waals surface area contributed by atoms with Crippen LogP contribution in [0.25, 0.3) is 22.2 Å². The Bertz CT molecular complexity index is 1290. The smallest absolute Gasteiger partial charge is 0.251 e. The van der Waals surface area contributed by atoms with Crippen LogP contribution in [0.3, 0.4) is 0 Å². The molecule has 2 aromatic heterocycles. The molecular formula is C28H27FN4O. The molecule has 0 saturated heterocycles. The number of nitrogens with one attached hydrogen (secondary N) is 1. The zero-order valence-corrected chi connectivity index (χ0v) is 19.1. The molecule has 2 heterocycles. The average Bonchev–Trinajstić information content (AvgIpc) is 2.89. The van der Waals surface area contributed by atoms with Crippen molar-refractivity contribution in [3.63, 3.8) is 0 Å². The Labute approximate surface area is 198 Å². The van der Waals surface area contributed by atoms with Gasteiger partial charge in [-0.2, -0.15) is 0 Å². The summed E-state index contributed by atoms with van der Waals surface area (Å²) in [6, 6.07) is 14.4. The monoisotopic (exact) mass is 454 g/mol. The van der Waals surface area contributed by atoms with E-state index in [0.717, 1.165) is 47.8 Å². The zero-order valence-electron chi connectivity index (χ0n) is 19.1. The summed E-state index contributed by atoms with van der Waals surface area (Å²) in [6.07, 6.45) is 10.9. The van der Waals surface area contributed by atoms with Gasteiger partial charge < -0.3 is 5.32 Å². The van der Waals surface area contributed by atoms with Gasteiger partial charge in [0.15, 0.2) is 0 Å². The van der Waals surface area contributed by atoms with Gasteiger partial charge >= 0.3 is 0 Å². The van der Waals surface area contributed by atoms with Gasteiger partial charge in [0.25, 0.3) is 5.91 Å². The van der Waals surface area contributed by atoms with Gasteiger partial charge in [-0.25, -0.2) is 4.39 Å². The van der Waals surface area contributed by atoms with E-state index in [-0.39, 0.29) is 17.8 Å². The maximum Gasteiger partial charge on any atom is 0.251 e. The van der Waals surface area contributed by atoms with Crippen LogP contribution in [-0.2, 0) is 0 Å². The number of fused-ring (bicyclic) bond motifs is 1. The van der Waals surface area contributed by atoms with E-state index >= 15 is 0 Å². The Kier molecular flexibility index (Phi) is 6.30. The first-order valence-corrected chi connectivity index (χ1v) is 11.8. The molecule has 172 valence electrons. The van der Waals surface area contributed by atoms with Gasteiger partial charge in [-0.3, -0.25) is 19.7 Å². The second kappa shape index (κ2) is 9.67. The number of hydrogen-bond acceptors (Lipinski definition) is 4. The third kappa shape index (κ3) is 4.67. The molecule has 0 aliphatic heterocycles. The highest BCUT2D eigenvalue weighted by Crippen LogP contribution is 2.39. The number of nitrogens with zero attached hydrogens (tertiary/aromatic N) is 3. The Morgan fingerprint density at radius 2 is 1.76 bits per heavy atom. The van der Waals surface area contributed by atoms with Crippen molar-refractivity contribution in [1.82, 2.24) is 20.3 Å². The summed E-state index contributed by atoms with van der Waals surface area (Å²) in [7, 11) is 0. The molecule has 6 heteroatoms. The second-order valence-electron chi connectivity index (χ2n) is 9.10. The van der Waals surface area contributed by atoms with Crippen molar-refractivity contribution in [2.24, 2.45) is 5.92 Å². The first-order valence-electron chi connectivity index (χ1n) is 11.8. The van der Waals surface area contributed by atoms with Crippen molar-refractivity contribution >= 4 is 16.8 Å². The van der Waals surface area contributed by atoms with Crippen LogP contribution in [0.15, 0.2) is 73.3 Å². The summed E-state index contributed by atoms with van der Waals surface area (Å²) in [6.45, 7) is 2.09. The van der Waals surface area contributed by atoms with Crippen LogP contribution in [0, 0.1) is 11.7 Å². The molecule has 1 amide bonds. The molecule has 5 rings (SSSR count). The maximum absolute atomic E-state index is 13.8. The lowest BCUT2D eigenvalue weighted by Gasteiger charge is -2.33. The van der Waals surface area contributed by atoms with E-state index in [2.05, 4.69) is 27.2 Å². The highest BCUT2D eigenvalue weighted by molar-refractivity contribution is 5.94. The highest BCUT2D eigenvalue weighted by atomic mass is 19.1. The predicted octanol–water partition coefficient (Wildman–Crippen LogP) is 5.92. The first-order chi connectivity index (χ1) is 16.6. The Morgan fingerprint density at radius 3 is 2.50 bits per heavy atom. The van der Waals surface area contributed by atoms with E-state index in [1.807, 2.05) is 36.5 Å². The molecule has 1 N–H and O–H groups in total. The lowest BCUT2D eigenvalue weighted by molar-refractivity contribution is 0.0918. The van der Waals surface area contributed by atoms with Gasteiger partial charge in [-0.1, -0.05) is 12.1 Å². The van der Waals surface area contributed by atoms with Gasteiger partial charge in [0.2, 0.25) is 0 Å². The number of carbonyl (C=O) groups excluding carboxylic acids is 1. The molecule has 1 aliphatic rings. The van der Waals surface area contributed by atoms with E-state index in [9.17, 15) is 9.18 Å². The standard InChI is InChI=1S/C28H27FN4O/c1-18(33-28(34)22-8-6-21(7-9-22)27-17-30-14-15-32-27)19-2-4-20(5-3-19)24-12-13-31-26-11-10-23(29)16-25(24)26/h6-20H,2-5H2,1H3,(H,33,34)/t18-,19?,20?/m1/s1. The Hall–Kier alpha value is -3.67. The predicted molar refractivity (Wildman–Crippen MR) is 131 cm³/mol. The van der Waals surface area contributed by atoms with Crippen molar-refractivity contribution < 1.29 is 9.18 Å². The Balaban J connectivity index is 1.20. The van der Waals surface area contributed by atoms with Crippen molar-refractivity contribution in [1.29, 1.82) is 0 Å². The maximum atomic E-state index is 13.8. The normalized spacial score (nSPS) is 19.0. The van der Waals surface area contributed by atoms with Crippen LogP contribution < -0.4 is 5.32 Å². The van der Waals surface area contributed by atoms with Crippen molar-refractivity contribution in [3.8, 4) is 11.3 Å². The average molecular weight is 455 g/mol. The Morgan fingerprint density at radius 1 is 0.971 bits per heavy atom. The van der Waals surface area contributed by atoms with Crippen LogP contribution in [0.2, 0.25) is 0 Å². The largest absolute Gasteiger partial charge is 0.349 e. The van der Waals surface area contributed by atoms with Crippen LogP contribution in [0.1, 0.15) is 54.4 Å². The lowest BCUT2D eigenvalue weighted by atomic mass is 9.75. The molecule has 1 saturated carbocycles. The number of carbonyl (C=O) groups is 1. The highest BCUT2D eigenvalue weighted by Gasteiger charge is 2.28. The van der Waals surface area contributed by atoms with E-state index in [0.29, 0.717) is 17.4 Å². The summed E-state index contributed by atoms with van der Waals surface area (Å²) >= 11 is 0. The molecule has 1 aliphatic carbocycles. The van der Waals surface area contributed by atoms with Crippen LogP contribution in [0.4, 0.5) is 4.39 Å². The number of hydrogen-bond donors (Lipinski definition) is 1. The van der Waals surface area contributed by atoms with Gasteiger partial charge in [-0.05, 0) is 86.4 Å². The molecule has 0 bridgehead atoms. The number of rotatable bonds is 5. The van der Waals surface area contributed by atoms with Gasteiger partial charge in [0.1, 0.15) is 5.82 Å². The number of pyridine rings is 1. The summed E-state index contributed by atoms with van der Waals surface area (Å²) in [5.74, 6) is 0.524. The van der Waals surface area contributed by atoms with Gasteiger partial charge in [0.05, 0.1) is 17.4 Å². The number of halogens is 1. The summed E-state index contributed by atoms with van der Waals surface area (Å²) in [5.41, 5.74) is 4.37. The SMILES string of the molecule is C[C@@H](NC(=O)c1ccc(-c2cnccn2)cc1)C1CCC(c2ccnc3ccc(F)cc23)CC1. The summed E-state index contributed by atoms with van der Waals surface area (Å²) in [5, 5.41) is 4.10. The summed E-state index contributed by atoms with van der Waals surface area (Å²) < 4.78 is 13.8. The summed E-state index contributed by atoms with van der Waals surface area (Å²) in [4.78, 5) is 25.6. The first kappa shape index (κ1) is 22.1. The molecular weight excluding hydrogens is 427 g/mol. The van der Waals surface area contributed by atoms with Crippen molar-refractivity contribution in [2.75, 3.05) is 0 Å². The fourth-order valence-corrected chi connectivity index (χ4v) is 5.07. The molecule has 0 spiro atoms. The van der Waals surface area contributed by atoms with Crippen molar-refractivity contribution in [2.45, 2.75) is 44.6 Å². The molecule has 0 radical (unpaired) electrons. The fraction of sp³-hybridized carbons (Fsp3) is 0.286. The van der Waals surface area contributed by atoms with Gasteiger partial charge in [-0.15, -0.1) is 0 Å². The third-order valence-corrected chi connectivity index (χ3v) is 7.02. The van der Waals surface area contributed by atoms with E-state index in [1.165, 1.54) is 11.6 Å². The minimum absolute atomic E-state index is 0.0593. The quantitative estimate of drug-likeness (QED) is 0.406. The lowest BCUT2D eigenvalue weighted by Crippen LogP contribution is -2.39. The van der Waals surface area contributed by atoms with Crippen LogP contribution in [0.5, 0.6) is 0 Å². The second-order valence-corrected chi connectivity index (χ2v) is 9.10. The molecule has 0 unspecified atom stereocenters. The fourth-order valence-electron chi connectivity index (χ4n) is 5.07. The topological polar surface area (TPSA) is 67.8 Å². The minimum atomic E-state index is -0.225. The molecule has 2 aromatic carbocycles. The van der Waals surface area contributed by atoms with Gasteiger partial charge in [0, 0.05) is 41.1 Å². The zero-order chi connectivity index (χ0) is 23.5. The number of benzene rings is 2. The molecule has 5 nitrogen and oxygen atoms in total.